The molecule has 0 aliphatic rings. The molecule has 7 heteroatoms. The van der Waals surface area contributed by atoms with Gasteiger partial charge in [-0.2, -0.15) is 5.10 Å². The lowest BCUT2D eigenvalue weighted by atomic mass is 10.1. The van der Waals surface area contributed by atoms with Crippen molar-refractivity contribution in [2.75, 3.05) is 13.1 Å². The molecule has 0 radical (unpaired) electrons. The van der Waals surface area contributed by atoms with E-state index in [1.807, 2.05) is 30.7 Å². The van der Waals surface area contributed by atoms with E-state index in [4.69, 9.17) is 4.42 Å². The summed E-state index contributed by atoms with van der Waals surface area (Å²) >= 11 is 0. The van der Waals surface area contributed by atoms with E-state index in [-0.39, 0.29) is 0 Å². The first-order valence-corrected chi connectivity index (χ1v) is 10.1. The van der Waals surface area contributed by atoms with Crippen LogP contribution in [-0.4, -0.2) is 33.8 Å². The number of nitrogens with zero attached hydrogens (tertiary/aromatic N) is 4. The average Bonchev–Trinajstić information content (AvgIpc) is 3.30. The van der Waals surface area contributed by atoms with Crippen molar-refractivity contribution in [2.45, 2.75) is 47.2 Å². The summed E-state index contributed by atoms with van der Waals surface area (Å²) in [6.45, 7) is 11.1. The first-order chi connectivity index (χ1) is 14.0. The van der Waals surface area contributed by atoms with Crippen LogP contribution in [0.4, 0.5) is 0 Å². The molecule has 0 bridgehead atoms. The molecule has 1 aromatic carbocycles. The first-order valence-electron chi connectivity index (χ1n) is 10.1. The lowest BCUT2D eigenvalue weighted by Gasteiger charge is -2.11. The molecule has 7 nitrogen and oxygen atoms in total. The molecule has 0 fully saturated rings. The summed E-state index contributed by atoms with van der Waals surface area (Å²) in [6, 6.07) is 10.3. The van der Waals surface area contributed by atoms with Gasteiger partial charge in [0.15, 0.2) is 11.7 Å². The third-order valence-corrected chi connectivity index (χ3v) is 4.55. The average molecular weight is 395 g/mol. The quantitative estimate of drug-likeness (QED) is 0.347. The number of aliphatic imine (C=N–C) groups is 1. The van der Waals surface area contributed by atoms with Crippen LogP contribution in [0.15, 0.2) is 45.9 Å². The fourth-order valence-corrected chi connectivity index (χ4v) is 3.06. The van der Waals surface area contributed by atoms with Crippen molar-refractivity contribution in [1.82, 2.24) is 25.4 Å². The molecule has 0 amide bonds. The summed E-state index contributed by atoms with van der Waals surface area (Å²) in [6.07, 6.45) is 2.72. The van der Waals surface area contributed by atoms with Gasteiger partial charge in [-0.1, -0.05) is 29.8 Å². The zero-order valence-corrected chi connectivity index (χ0v) is 17.7. The monoisotopic (exact) mass is 394 g/mol. The number of rotatable bonds is 8. The maximum atomic E-state index is 5.85. The summed E-state index contributed by atoms with van der Waals surface area (Å²) in [5.74, 6) is 2.12. The Labute approximate surface area is 172 Å². The fraction of sp³-hybridized carbons (Fsp3) is 0.409. The molecule has 0 spiro atoms. The molecule has 154 valence electrons. The SMILES string of the molecule is CCNC(=NCc1ncc(-c2ccc(C)cc2)o1)NCCCn1nc(C)cc1C. The van der Waals surface area contributed by atoms with Crippen molar-refractivity contribution >= 4 is 5.96 Å². The van der Waals surface area contributed by atoms with Crippen LogP contribution in [-0.2, 0) is 13.1 Å². The van der Waals surface area contributed by atoms with Crippen LogP contribution in [0.25, 0.3) is 11.3 Å². The van der Waals surface area contributed by atoms with Crippen molar-refractivity contribution in [1.29, 1.82) is 0 Å². The zero-order valence-electron chi connectivity index (χ0n) is 17.7. The standard InChI is InChI=1S/C22H30N6O/c1-5-23-22(24-11-6-12-28-18(4)13-17(3)27-28)26-15-21-25-14-20(29-21)19-9-7-16(2)8-10-19/h7-10,13-14H,5-6,11-12,15H2,1-4H3,(H2,23,24,26). The van der Waals surface area contributed by atoms with Crippen molar-refractivity contribution in [2.24, 2.45) is 4.99 Å². The third kappa shape index (κ3) is 5.94. The minimum Gasteiger partial charge on any atom is -0.439 e. The van der Waals surface area contributed by atoms with Gasteiger partial charge < -0.3 is 15.1 Å². The van der Waals surface area contributed by atoms with Gasteiger partial charge in [0.2, 0.25) is 5.89 Å². The van der Waals surface area contributed by atoms with Gasteiger partial charge in [-0.25, -0.2) is 9.98 Å². The van der Waals surface area contributed by atoms with Crippen LogP contribution in [0.5, 0.6) is 0 Å². The highest BCUT2D eigenvalue weighted by Gasteiger charge is 2.07. The normalized spacial score (nSPS) is 11.7. The van der Waals surface area contributed by atoms with Crippen molar-refractivity contribution in [3.63, 3.8) is 0 Å². The number of guanidine groups is 1. The summed E-state index contributed by atoms with van der Waals surface area (Å²) in [4.78, 5) is 8.94. The number of nitrogens with one attached hydrogen (secondary N) is 2. The van der Waals surface area contributed by atoms with Crippen LogP contribution >= 0.6 is 0 Å². The molecule has 3 rings (SSSR count). The van der Waals surface area contributed by atoms with Gasteiger partial charge in [-0.05, 0) is 40.2 Å². The van der Waals surface area contributed by atoms with Gasteiger partial charge in [0.1, 0.15) is 6.54 Å². The Bertz CT molecular complexity index is 939. The molecular weight excluding hydrogens is 364 g/mol. The second kappa shape index (κ2) is 9.91. The van der Waals surface area contributed by atoms with E-state index >= 15 is 0 Å². The van der Waals surface area contributed by atoms with Crippen LogP contribution in [0.3, 0.4) is 0 Å². The molecule has 0 unspecified atom stereocenters. The number of aryl methyl sites for hydroxylation is 4. The fourth-order valence-electron chi connectivity index (χ4n) is 3.06. The van der Waals surface area contributed by atoms with Crippen molar-refractivity contribution in [3.05, 3.63) is 59.4 Å². The molecule has 2 aromatic heterocycles. The highest BCUT2D eigenvalue weighted by Crippen LogP contribution is 2.20. The molecule has 0 aliphatic carbocycles. The Morgan fingerprint density at radius 3 is 2.62 bits per heavy atom. The second-order valence-electron chi connectivity index (χ2n) is 7.11. The summed E-state index contributed by atoms with van der Waals surface area (Å²) in [7, 11) is 0. The van der Waals surface area contributed by atoms with Gasteiger partial charge in [0.05, 0.1) is 11.9 Å². The molecule has 0 saturated carbocycles. The van der Waals surface area contributed by atoms with E-state index in [1.165, 1.54) is 11.3 Å². The Morgan fingerprint density at radius 2 is 1.93 bits per heavy atom. The van der Waals surface area contributed by atoms with Gasteiger partial charge in [0, 0.05) is 30.9 Å². The third-order valence-electron chi connectivity index (χ3n) is 4.55. The summed E-state index contributed by atoms with van der Waals surface area (Å²) < 4.78 is 7.89. The maximum Gasteiger partial charge on any atom is 0.216 e. The van der Waals surface area contributed by atoms with Gasteiger partial charge in [-0.15, -0.1) is 0 Å². The molecular formula is C22H30N6O. The summed E-state index contributed by atoms with van der Waals surface area (Å²) in [5, 5.41) is 11.1. The lowest BCUT2D eigenvalue weighted by Crippen LogP contribution is -2.38. The molecule has 29 heavy (non-hydrogen) atoms. The van der Waals surface area contributed by atoms with E-state index in [0.29, 0.717) is 12.4 Å². The van der Waals surface area contributed by atoms with Crippen LogP contribution in [0.2, 0.25) is 0 Å². The Morgan fingerprint density at radius 1 is 1.14 bits per heavy atom. The minimum atomic E-state index is 0.388. The van der Waals surface area contributed by atoms with Crippen LogP contribution in [0.1, 0.15) is 36.2 Å². The van der Waals surface area contributed by atoms with E-state index < -0.39 is 0 Å². The highest BCUT2D eigenvalue weighted by atomic mass is 16.4. The van der Waals surface area contributed by atoms with Gasteiger partial charge in [0.25, 0.3) is 0 Å². The van der Waals surface area contributed by atoms with Crippen LogP contribution in [0, 0.1) is 20.8 Å². The first kappa shape index (κ1) is 20.6. The predicted molar refractivity (Wildman–Crippen MR) is 116 cm³/mol. The number of hydrogen-bond donors (Lipinski definition) is 2. The van der Waals surface area contributed by atoms with E-state index in [1.54, 1.807) is 6.20 Å². The number of hydrogen-bond acceptors (Lipinski definition) is 4. The minimum absolute atomic E-state index is 0.388. The number of benzene rings is 1. The van der Waals surface area contributed by atoms with E-state index in [0.717, 1.165) is 49.0 Å². The van der Waals surface area contributed by atoms with E-state index in [9.17, 15) is 0 Å². The maximum absolute atomic E-state index is 5.85. The second-order valence-corrected chi connectivity index (χ2v) is 7.11. The zero-order chi connectivity index (χ0) is 20.6. The van der Waals surface area contributed by atoms with E-state index in [2.05, 4.69) is 57.8 Å². The number of oxazole rings is 1. The lowest BCUT2D eigenvalue weighted by molar-refractivity contribution is 0.508. The Kier molecular flexibility index (Phi) is 7.05. The Balaban J connectivity index is 1.52. The smallest absolute Gasteiger partial charge is 0.216 e. The molecule has 0 aliphatic heterocycles. The highest BCUT2D eigenvalue weighted by molar-refractivity contribution is 5.79. The predicted octanol–water partition coefficient (Wildman–Crippen LogP) is 3.61. The Hall–Kier alpha value is -3.09. The van der Waals surface area contributed by atoms with Gasteiger partial charge >= 0.3 is 0 Å². The number of aromatic nitrogens is 3. The topological polar surface area (TPSA) is 80.3 Å². The van der Waals surface area contributed by atoms with Crippen LogP contribution < -0.4 is 10.6 Å². The summed E-state index contributed by atoms with van der Waals surface area (Å²) in [5.41, 5.74) is 4.49. The van der Waals surface area contributed by atoms with Crippen molar-refractivity contribution < 1.29 is 4.42 Å². The molecule has 2 N–H and O–H groups in total. The molecule has 2 heterocycles. The van der Waals surface area contributed by atoms with Crippen molar-refractivity contribution in [3.8, 4) is 11.3 Å². The molecule has 0 saturated heterocycles. The van der Waals surface area contributed by atoms with Gasteiger partial charge in [-0.3, -0.25) is 4.68 Å². The molecule has 0 atom stereocenters. The molecule has 3 aromatic rings. The largest absolute Gasteiger partial charge is 0.439 e.